The third-order valence-corrected chi connectivity index (χ3v) is 5.63. The summed E-state index contributed by atoms with van der Waals surface area (Å²) in [7, 11) is 0. The van der Waals surface area contributed by atoms with Crippen LogP contribution in [0, 0.1) is 20.8 Å². The lowest BCUT2D eigenvalue weighted by molar-refractivity contribution is -0.114. The molecule has 29 heavy (non-hydrogen) atoms. The zero-order chi connectivity index (χ0) is 21.1. The molecular weight excluding hydrogens is 386 g/mol. The number of thioether (sulfide) groups is 1. The van der Waals surface area contributed by atoms with E-state index in [4.69, 9.17) is 0 Å². The molecule has 0 bridgehead atoms. The van der Waals surface area contributed by atoms with Crippen LogP contribution in [0.4, 0.5) is 5.69 Å². The smallest absolute Gasteiger partial charge is 0.221 e. The lowest BCUT2D eigenvalue weighted by atomic mass is 9.92. The van der Waals surface area contributed by atoms with Crippen molar-refractivity contribution in [3.8, 4) is 5.69 Å². The number of tetrazole rings is 1. The van der Waals surface area contributed by atoms with E-state index in [1.165, 1.54) is 18.7 Å². The number of nitrogens with zero attached hydrogens (tertiary/aromatic N) is 4. The van der Waals surface area contributed by atoms with Crippen molar-refractivity contribution in [1.82, 2.24) is 20.2 Å². The van der Waals surface area contributed by atoms with Crippen molar-refractivity contribution in [2.75, 3.05) is 5.32 Å². The molecule has 2 aromatic carbocycles. The summed E-state index contributed by atoms with van der Waals surface area (Å²) < 4.78 is 1.64. The summed E-state index contributed by atoms with van der Waals surface area (Å²) >= 11 is 1.50. The molecule has 0 aliphatic rings. The second-order valence-electron chi connectivity index (χ2n) is 6.94. The third kappa shape index (κ3) is 4.54. The van der Waals surface area contributed by atoms with Crippen molar-refractivity contribution in [2.24, 2.45) is 0 Å². The first-order valence-corrected chi connectivity index (χ1v) is 10.2. The predicted molar refractivity (Wildman–Crippen MR) is 114 cm³/mol. The maximum absolute atomic E-state index is 12.1. The number of carbonyl (C=O) groups is 2. The molecule has 0 unspecified atom stereocenters. The van der Waals surface area contributed by atoms with E-state index in [0.717, 1.165) is 33.5 Å². The van der Waals surface area contributed by atoms with Gasteiger partial charge in [0.2, 0.25) is 11.1 Å². The minimum absolute atomic E-state index is 0.0749. The summed E-state index contributed by atoms with van der Waals surface area (Å²) in [6.45, 7) is 9.08. The number of amides is 1. The SMILES string of the molecule is CC(=O)Nc1cccc(-n2nnnc2SCc2c(C)cc(C)c(C(C)=O)c2C)c1. The zero-order valence-corrected chi connectivity index (χ0v) is 17.9. The van der Waals surface area contributed by atoms with Crippen LogP contribution >= 0.6 is 11.8 Å². The second-order valence-corrected chi connectivity index (χ2v) is 7.88. The highest BCUT2D eigenvalue weighted by Gasteiger charge is 2.16. The Balaban J connectivity index is 1.88. The van der Waals surface area contributed by atoms with E-state index in [2.05, 4.69) is 33.8 Å². The highest BCUT2D eigenvalue weighted by atomic mass is 32.2. The molecule has 3 rings (SSSR count). The zero-order valence-electron chi connectivity index (χ0n) is 17.1. The van der Waals surface area contributed by atoms with Gasteiger partial charge in [0.15, 0.2) is 5.78 Å². The van der Waals surface area contributed by atoms with E-state index in [1.807, 2.05) is 38.1 Å². The van der Waals surface area contributed by atoms with Gasteiger partial charge in [-0.05, 0) is 78.6 Å². The number of aryl methyl sites for hydroxylation is 2. The number of ketones is 1. The molecule has 8 heteroatoms. The van der Waals surface area contributed by atoms with Crippen LogP contribution < -0.4 is 5.32 Å². The lowest BCUT2D eigenvalue weighted by Crippen LogP contribution is -2.07. The molecule has 0 aliphatic carbocycles. The maximum atomic E-state index is 12.1. The standard InChI is InChI=1S/C21H23N5O2S/c1-12-9-13(2)20(15(4)27)14(3)19(12)11-29-21-23-24-25-26(21)18-8-6-7-17(10-18)22-16(5)28/h6-10H,11H2,1-5H3,(H,22,28). The number of rotatable bonds is 6. The van der Waals surface area contributed by atoms with Crippen LogP contribution in [-0.2, 0) is 10.5 Å². The van der Waals surface area contributed by atoms with E-state index in [-0.39, 0.29) is 11.7 Å². The highest BCUT2D eigenvalue weighted by molar-refractivity contribution is 7.98. The molecule has 1 N–H and O–H groups in total. The Kier molecular flexibility index (Phi) is 6.12. The van der Waals surface area contributed by atoms with E-state index in [9.17, 15) is 9.59 Å². The summed E-state index contributed by atoms with van der Waals surface area (Å²) in [5, 5.41) is 15.4. The monoisotopic (exact) mass is 409 g/mol. The van der Waals surface area contributed by atoms with Crippen molar-refractivity contribution in [3.05, 3.63) is 58.1 Å². The van der Waals surface area contributed by atoms with E-state index in [1.54, 1.807) is 11.6 Å². The molecule has 1 amide bonds. The molecule has 0 atom stereocenters. The second kappa shape index (κ2) is 8.57. The molecule has 0 radical (unpaired) electrons. The van der Waals surface area contributed by atoms with E-state index >= 15 is 0 Å². The van der Waals surface area contributed by atoms with Gasteiger partial charge in [-0.25, -0.2) is 0 Å². The fraction of sp³-hybridized carbons (Fsp3) is 0.286. The van der Waals surface area contributed by atoms with Gasteiger partial charge in [0.25, 0.3) is 0 Å². The number of hydrogen-bond donors (Lipinski definition) is 1. The van der Waals surface area contributed by atoms with Crippen LogP contribution in [0.15, 0.2) is 35.5 Å². The van der Waals surface area contributed by atoms with Crippen LogP contribution in [0.3, 0.4) is 0 Å². The molecule has 0 spiro atoms. The summed E-state index contributed by atoms with van der Waals surface area (Å²) in [4.78, 5) is 23.4. The minimum atomic E-state index is -0.139. The molecule has 3 aromatic rings. The number of Topliss-reactive ketones (excluding diaryl/α,β-unsaturated/α-hetero) is 1. The van der Waals surface area contributed by atoms with Gasteiger partial charge < -0.3 is 5.32 Å². The molecule has 1 heterocycles. The number of carbonyl (C=O) groups excluding carboxylic acids is 2. The van der Waals surface area contributed by atoms with Gasteiger partial charge in [-0.15, -0.1) is 5.10 Å². The summed E-state index contributed by atoms with van der Waals surface area (Å²) in [6, 6.07) is 9.40. The van der Waals surface area contributed by atoms with Gasteiger partial charge in [-0.3, -0.25) is 9.59 Å². The maximum Gasteiger partial charge on any atom is 0.221 e. The van der Waals surface area contributed by atoms with Crippen molar-refractivity contribution >= 4 is 29.1 Å². The Hall–Kier alpha value is -3.00. The molecule has 1 aromatic heterocycles. The summed E-state index contributed by atoms with van der Waals surface area (Å²) in [5.41, 5.74) is 6.49. The molecule has 0 saturated heterocycles. The van der Waals surface area contributed by atoms with Crippen molar-refractivity contribution < 1.29 is 9.59 Å². The van der Waals surface area contributed by atoms with Crippen molar-refractivity contribution in [3.63, 3.8) is 0 Å². The molecule has 0 saturated carbocycles. The summed E-state index contributed by atoms with van der Waals surface area (Å²) in [5.74, 6) is 0.579. The average Bonchev–Trinajstić information content (AvgIpc) is 3.09. The molecule has 7 nitrogen and oxygen atoms in total. The van der Waals surface area contributed by atoms with Gasteiger partial charge in [-0.1, -0.05) is 23.9 Å². The average molecular weight is 410 g/mol. The van der Waals surface area contributed by atoms with Crippen molar-refractivity contribution in [2.45, 2.75) is 45.5 Å². The number of nitrogens with one attached hydrogen (secondary N) is 1. The Morgan fingerprint density at radius 2 is 1.86 bits per heavy atom. The van der Waals surface area contributed by atoms with E-state index < -0.39 is 0 Å². The Labute approximate surface area is 173 Å². The van der Waals surface area contributed by atoms with Gasteiger partial charge in [0.05, 0.1) is 5.69 Å². The lowest BCUT2D eigenvalue weighted by Gasteiger charge is -2.15. The first-order valence-electron chi connectivity index (χ1n) is 9.17. The molecular formula is C21H23N5O2S. The highest BCUT2D eigenvalue weighted by Crippen LogP contribution is 2.29. The largest absolute Gasteiger partial charge is 0.326 e. The predicted octanol–water partition coefficient (Wildman–Crippen LogP) is 4.04. The van der Waals surface area contributed by atoms with E-state index in [0.29, 0.717) is 16.6 Å². The normalized spacial score (nSPS) is 10.8. The number of aromatic nitrogens is 4. The van der Waals surface area contributed by atoms with Crippen LogP contribution in [0.25, 0.3) is 5.69 Å². The van der Waals surface area contributed by atoms with Gasteiger partial charge >= 0.3 is 0 Å². The fourth-order valence-electron chi connectivity index (χ4n) is 3.48. The van der Waals surface area contributed by atoms with Crippen molar-refractivity contribution in [1.29, 1.82) is 0 Å². The van der Waals surface area contributed by atoms with Gasteiger partial charge in [-0.2, -0.15) is 4.68 Å². The van der Waals surface area contributed by atoms with Crippen LogP contribution in [0.2, 0.25) is 0 Å². The van der Waals surface area contributed by atoms with Crippen LogP contribution in [0.1, 0.15) is 46.5 Å². The number of anilines is 1. The quantitative estimate of drug-likeness (QED) is 0.488. The molecule has 0 fully saturated rings. The first kappa shape index (κ1) is 20.7. The fourth-order valence-corrected chi connectivity index (χ4v) is 4.55. The first-order chi connectivity index (χ1) is 13.8. The minimum Gasteiger partial charge on any atom is -0.326 e. The molecule has 150 valence electrons. The topological polar surface area (TPSA) is 89.8 Å². The summed E-state index contributed by atoms with van der Waals surface area (Å²) in [6.07, 6.45) is 0. The number of benzene rings is 2. The Morgan fingerprint density at radius 1 is 1.10 bits per heavy atom. The van der Waals surface area contributed by atoms with Crippen LogP contribution in [-0.4, -0.2) is 31.9 Å². The van der Waals surface area contributed by atoms with Gasteiger partial charge in [0, 0.05) is 23.9 Å². The Morgan fingerprint density at radius 3 is 2.55 bits per heavy atom. The third-order valence-electron chi connectivity index (χ3n) is 4.68. The van der Waals surface area contributed by atoms with Gasteiger partial charge in [0.1, 0.15) is 0 Å². The van der Waals surface area contributed by atoms with Crippen LogP contribution in [0.5, 0.6) is 0 Å². The number of hydrogen-bond acceptors (Lipinski definition) is 6. The molecule has 0 aliphatic heterocycles. The Bertz CT molecular complexity index is 1090.